The van der Waals surface area contributed by atoms with Gasteiger partial charge in [0.1, 0.15) is 11.6 Å². The second kappa shape index (κ2) is 9.12. The van der Waals surface area contributed by atoms with E-state index in [4.69, 9.17) is 4.74 Å². The lowest BCUT2D eigenvalue weighted by Gasteiger charge is -2.51. The molecule has 4 aliphatic rings. The highest BCUT2D eigenvalue weighted by molar-refractivity contribution is 5.70. The Hall–Kier alpha value is -2.60. The van der Waals surface area contributed by atoms with Crippen LogP contribution < -0.4 is 4.74 Å². The van der Waals surface area contributed by atoms with Crippen molar-refractivity contribution in [1.82, 2.24) is 9.80 Å². The first-order valence-electron chi connectivity index (χ1n) is 12.9. The molecule has 2 atom stereocenters. The second-order valence-electron chi connectivity index (χ2n) is 11.8. The number of carboxylic acid groups (broad SMARTS) is 1. The smallest absolute Gasteiger partial charge is 0.408 e. The SMILES string of the molecule is CC(C)COc1cc(F)cc(-c2ccc3c(c2)CC(C)(C)[C@H]3N(C(=O)O)[C@@H]2CN3CCC2CC3)c1. The maximum absolute atomic E-state index is 14.4. The summed E-state index contributed by atoms with van der Waals surface area (Å²) in [7, 11) is 0. The molecule has 6 rings (SSSR count). The molecule has 2 aromatic rings. The normalized spacial score (nSPS) is 26.6. The lowest BCUT2D eigenvalue weighted by molar-refractivity contribution is -0.0267. The van der Waals surface area contributed by atoms with E-state index >= 15 is 0 Å². The molecule has 1 N–H and O–H groups in total. The van der Waals surface area contributed by atoms with Gasteiger partial charge in [-0.1, -0.05) is 45.9 Å². The number of hydrogen-bond acceptors (Lipinski definition) is 3. The third kappa shape index (κ3) is 4.65. The highest BCUT2D eigenvalue weighted by Gasteiger charge is 2.50. The molecule has 3 aliphatic heterocycles. The van der Waals surface area contributed by atoms with Crippen LogP contribution in [0.3, 0.4) is 0 Å². The monoisotopic (exact) mass is 480 g/mol. The molecule has 1 amide bonds. The Labute approximate surface area is 207 Å². The number of ether oxygens (including phenoxy) is 1. The lowest BCUT2D eigenvalue weighted by atomic mass is 9.79. The number of carbonyl (C=O) groups is 1. The van der Waals surface area contributed by atoms with Crippen LogP contribution in [0.4, 0.5) is 9.18 Å². The van der Waals surface area contributed by atoms with Gasteiger partial charge in [0.05, 0.1) is 18.7 Å². The Kier molecular flexibility index (Phi) is 6.28. The Morgan fingerprint density at radius 2 is 1.91 bits per heavy atom. The van der Waals surface area contributed by atoms with E-state index in [1.807, 2.05) is 12.1 Å². The Morgan fingerprint density at radius 3 is 2.54 bits per heavy atom. The van der Waals surface area contributed by atoms with Crippen LogP contribution in [0.25, 0.3) is 11.1 Å². The van der Waals surface area contributed by atoms with Crippen LogP contribution in [-0.2, 0) is 6.42 Å². The summed E-state index contributed by atoms with van der Waals surface area (Å²) in [6.07, 6.45) is 2.12. The lowest BCUT2D eigenvalue weighted by Crippen LogP contribution is -2.60. The predicted molar refractivity (Wildman–Crippen MR) is 135 cm³/mol. The van der Waals surface area contributed by atoms with Crippen LogP contribution in [0.1, 0.15) is 57.7 Å². The molecule has 6 heteroatoms. The molecule has 3 heterocycles. The number of nitrogens with zero attached hydrogens (tertiary/aromatic N) is 2. The van der Waals surface area contributed by atoms with Crippen molar-refractivity contribution in [3.8, 4) is 16.9 Å². The van der Waals surface area contributed by atoms with Crippen LogP contribution in [0.15, 0.2) is 36.4 Å². The van der Waals surface area contributed by atoms with E-state index in [2.05, 4.69) is 44.7 Å². The molecule has 0 unspecified atom stereocenters. The van der Waals surface area contributed by atoms with E-state index < -0.39 is 6.09 Å². The summed E-state index contributed by atoms with van der Waals surface area (Å²) in [6, 6.07) is 10.9. The summed E-state index contributed by atoms with van der Waals surface area (Å²) in [5.74, 6) is 1.01. The van der Waals surface area contributed by atoms with Gasteiger partial charge in [-0.2, -0.15) is 0 Å². The maximum atomic E-state index is 14.4. The zero-order valence-corrected chi connectivity index (χ0v) is 21.3. The van der Waals surface area contributed by atoms with Crippen molar-refractivity contribution in [2.24, 2.45) is 17.3 Å². The molecule has 0 saturated carbocycles. The van der Waals surface area contributed by atoms with E-state index in [0.717, 1.165) is 61.2 Å². The minimum absolute atomic E-state index is 0.0359. The molecule has 3 fully saturated rings. The molecule has 0 spiro atoms. The van der Waals surface area contributed by atoms with Crippen LogP contribution >= 0.6 is 0 Å². The van der Waals surface area contributed by atoms with E-state index in [1.165, 1.54) is 12.1 Å². The number of fused-ring (bicyclic) bond motifs is 4. The van der Waals surface area contributed by atoms with Crippen molar-refractivity contribution in [3.05, 3.63) is 53.3 Å². The summed E-state index contributed by atoms with van der Waals surface area (Å²) < 4.78 is 20.2. The van der Waals surface area contributed by atoms with Gasteiger partial charge in [-0.25, -0.2) is 9.18 Å². The second-order valence-corrected chi connectivity index (χ2v) is 11.8. The summed E-state index contributed by atoms with van der Waals surface area (Å²) in [6.45, 7) is 12.0. The first kappa shape index (κ1) is 24.1. The third-order valence-electron chi connectivity index (χ3n) is 8.09. The fourth-order valence-corrected chi connectivity index (χ4v) is 6.51. The highest BCUT2D eigenvalue weighted by Crippen LogP contribution is 2.51. The van der Waals surface area contributed by atoms with Crippen LogP contribution in [0, 0.1) is 23.1 Å². The highest BCUT2D eigenvalue weighted by atomic mass is 19.1. The van der Waals surface area contributed by atoms with E-state index in [-0.39, 0.29) is 23.3 Å². The van der Waals surface area contributed by atoms with Crippen LogP contribution in [0.2, 0.25) is 0 Å². The molecule has 1 aliphatic carbocycles. The maximum Gasteiger partial charge on any atom is 0.408 e. The molecule has 188 valence electrons. The first-order valence-corrected chi connectivity index (χ1v) is 12.9. The van der Waals surface area contributed by atoms with Gasteiger partial charge < -0.3 is 14.7 Å². The van der Waals surface area contributed by atoms with Gasteiger partial charge in [0.2, 0.25) is 0 Å². The fraction of sp³-hybridized carbons (Fsp3) is 0.552. The Morgan fingerprint density at radius 1 is 1.17 bits per heavy atom. The van der Waals surface area contributed by atoms with Gasteiger partial charge in [0, 0.05) is 12.6 Å². The van der Waals surface area contributed by atoms with Crippen molar-refractivity contribution >= 4 is 6.09 Å². The van der Waals surface area contributed by atoms with Crippen molar-refractivity contribution in [2.45, 2.75) is 59.0 Å². The van der Waals surface area contributed by atoms with Gasteiger partial charge >= 0.3 is 6.09 Å². The minimum Gasteiger partial charge on any atom is -0.493 e. The van der Waals surface area contributed by atoms with Crippen LogP contribution in [0.5, 0.6) is 5.75 Å². The summed E-state index contributed by atoms with van der Waals surface area (Å²) >= 11 is 0. The van der Waals surface area contributed by atoms with Crippen molar-refractivity contribution in [1.29, 1.82) is 0 Å². The fourth-order valence-electron chi connectivity index (χ4n) is 6.51. The van der Waals surface area contributed by atoms with E-state index in [0.29, 0.717) is 24.2 Å². The molecule has 2 aromatic carbocycles. The molecular weight excluding hydrogens is 443 g/mol. The van der Waals surface area contributed by atoms with E-state index in [9.17, 15) is 14.3 Å². The quantitative estimate of drug-likeness (QED) is 0.533. The first-order chi connectivity index (χ1) is 16.6. The van der Waals surface area contributed by atoms with Crippen LogP contribution in [-0.4, -0.2) is 53.3 Å². The predicted octanol–water partition coefficient (Wildman–Crippen LogP) is 6.23. The standard InChI is InChI=1S/C29H37FN2O3/c1-18(2)17-35-24-13-21(12-23(30)14-24)20-5-6-25-22(11-20)15-29(3,4)27(25)32(28(33)34)26-16-31-9-7-19(26)8-10-31/h5-6,11-14,18-19,26-27H,7-10,15-17H2,1-4H3,(H,33,34)/t26-,27+/m1/s1. The van der Waals surface area contributed by atoms with Gasteiger partial charge in [-0.05, 0) is 84.0 Å². The van der Waals surface area contributed by atoms with Crippen molar-refractivity contribution in [2.75, 3.05) is 26.2 Å². The molecule has 35 heavy (non-hydrogen) atoms. The number of rotatable bonds is 6. The zero-order chi connectivity index (χ0) is 24.9. The summed E-state index contributed by atoms with van der Waals surface area (Å²) in [5, 5.41) is 10.4. The molecule has 0 aromatic heterocycles. The Balaban J connectivity index is 1.48. The average molecular weight is 481 g/mol. The minimum atomic E-state index is -0.823. The summed E-state index contributed by atoms with van der Waals surface area (Å²) in [5.41, 5.74) is 3.72. The van der Waals surface area contributed by atoms with Gasteiger partial charge in [-0.3, -0.25) is 4.90 Å². The number of halogens is 1. The number of amides is 1. The summed E-state index contributed by atoms with van der Waals surface area (Å²) in [4.78, 5) is 16.9. The van der Waals surface area contributed by atoms with Crippen molar-refractivity contribution in [3.63, 3.8) is 0 Å². The molecule has 5 nitrogen and oxygen atoms in total. The number of hydrogen-bond donors (Lipinski definition) is 1. The molecule has 0 radical (unpaired) electrons. The average Bonchev–Trinajstić information content (AvgIpc) is 3.07. The molecule has 2 bridgehead atoms. The van der Waals surface area contributed by atoms with Crippen molar-refractivity contribution < 1.29 is 19.0 Å². The number of benzene rings is 2. The van der Waals surface area contributed by atoms with Gasteiger partial charge in [0.15, 0.2) is 0 Å². The number of piperidine rings is 3. The Bertz CT molecular complexity index is 1110. The largest absolute Gasteiger partial charge is 0.493 e. The molecular formula is C29H37FN2O3. The molecule has 3 saturated heterocycles. The van der Waals surface area contributed by atoms with Gasteiger partial charge in [0.25, 0.3) is 0 Å². The topological polar surface area (TPSA) is 53.0 Å². The third-order valence-corrected chi connectivity index (χ3v) is 8.09. The van der Waals surface area contributed by atoms with E-state index in [1.54, 1.807) is 4.90 Å². The van der Waals surface area contributed by atoms with Gasteiger partial charge in [-0.15, -0.1) is 0 Å². The zero-order valence-electron chi connectivity index (χ0n) is 21.3.